The fourth-order valence-corrected chi connectivity index (χ4v) is 2.21. The second kappa shape index (κ2) is 4.14. The maximum absolute atomic E-state index is 11.3. The summed E-state index contributed by atoms with van der Waals surface area (Å²) in [6.45, 7) is 3.35. The topological polar surface area (TPSA) is 52.6 Å². The summed E-state index contributed by atoms with van der Waals surface area (Å²) in [4.78, 5) is 22.2. The zero-order chi connectivity index (χ0) is 10.8. The highest BCUT2D eigenvalue weighted by Crippen LogP contribution is 2.42. The molecular formula is C9H12O4S. The van der Waals surface area contributed by atoms with Gasteiger partial charge in [-0.1, -0.05) is 11.8 Å². The molecule has 0 aromatic heterocycles. The van der Waals surface area contributed by atoms with E-state index < -0.39 is 4.75 Å². The summed E-state index contributed by atoms with van der Waals surface area (Å²) in [6, 6.07) is 0. The van der Waals surface area contributed by atoms with E-state index in [9.17, 15) is 9.59 Å². The summed E-state index contributed by atoms with van der Waals surface area (Å²) in [7, 11) is 1.48. The van der Waals surface area contributed by atoms with Crippen molar-refractivity contribution in [1.82, 2.24) is 0 Å². The molecule has 1 rings (SSSR count). The van der Waals surface area contributed by atoms with Crippen LogP contribution in [0.25, 0.3) is 0 Å². The van der Waals surface area contributed by atoms with Gasteiger partial charge in [0.1, 0.15) is 16.8 Å². The molecule has 0 saturated heterocycles. The molecule has 0 radical (unpaired) electrons. The standard InChI is InChI=1S/C9H12O4S/c1-6-7(13-5-12-3)9(2,4-10)14-8(6)11/h4H,5H2,1-3H3. The third-order valence-corrected chi connectivity index (χ3v) is 3.15. The summed E-state index contributed by atoms with van der Waals surface area (Å²) in [5.41, 5.74) is 0.488. The molecule has 1 aliphatic rings. The van der Waals surface area contributed by atoms with Crippen LogP contribution in [-0.4, -0.2) is 30.1 Å². The van der Waals surface area contributed by atoms with Gasteiger partial charge in [0.25, 0.3) is 0 Å². The summed E-state index contributed by atoms with van der Waals surface area (Å²) < 4.78 is 9.07. The fourth-order valence-electron chi connectivity index (χ4n) is 1.23. The van der Waals surface area contributed by atoms with Crippen molar-refractivity contribution < 1.29 is 19.1 Å². The van der Waals surface area contributed by atoms with Crippen LogP contribution in [0.1, 0.15) is 13.8 Å². The molecule has 14 heavy (non-hydrogen) atoms. The predicted octanol–water partition coefficient (Wildman–Crippen LogP) is 1.11. The molecule has 0 aliphatic carbocycles. The molecule has 0 fully saturated rings. The van der Waals surface area contributed by atoms with Gasteiger partial charge >= 0.3 is 0 Å². The van der Waals surface area contributed by atoms with Crippen LogP contribution in [0.5, 0.6) is 0 Å². The number of thioether (sulfide) groups is 1. The molecule has 0 aromatic carbocycles. The van der Waals surface area contributed by atoms with Crippen LogP contribution in [0.2, 0.25) is 0 Å². The Bertz CT molecular complexity index is 297. The lowest BCUT2D eigenvalue weighted by Crippen LogP contribution is -2.24. The molecule has 4 nitrogen and oxygen atoms in total. The van der Waals surface area contributed by atoms with Gasteiger partial charge in [-0.2, -0.15) is 0 Å². The van der Waals surface area contributed by atoms with Crippen LogP contribution >= 0.6 is 11.8 Å². The maximum atomic E-state index is 11.3. The average Bonchev–Trinajstić information content (AvgIpc) is 2.37. The van der Waals surface area contributed by atoms with Crippen LogP contribution in [0.4, 0.5) is 0 Å². The second-order valence-corrected chi connectivity index (χ2v) is 4.54. The van der Waals surface area contributed by atoms with Crippen molar-refractivity contribution in [2.75, 3.05) is 13.9 Å². The first-order valence-electron chi connectivity index (χ1n) is 4.08. The first-order valence-corrected chi connectivity index (χ1v) is 4.89. The van der Waals surface area contributed by atoms with Gasteiger partial charge in [-0.15, -0.1) is 0 Å². The highest BCUT2D eigenvalue weighted by atomic mass is 32.2. The predicted molar refractivity (Wildman–Crippen MR) is 52.7 cm³/mol. The minimum atomic E-state index is -0.889. The number of methoxy groups -OCH3 is 1. The molecule has 0 bridgehead atoms. The Morgan fingerprint density at radius 2 is 2.21 bits per heavy atom. The van der Waals surface area contributed by atoms with Crippen molar-refractivity contribution in [3.63, 3.8) is 0 Å². The Morgan fingerprint density at radius 1 is 1.57 bits per heavy atom. The van der Waals surface area contributed by atoms with Gasteiger partial charge in [0.2, 0.25) is 5.12 Å². The Hall–Kier alpha value is -0.810. The monoisotopic (exact) mass is 216 g/mol. The maximum Gasteiger partial charge on any atom is 0.219 e. The quantitative estimate of drug-likeness (QED) is 0.520. The molecule has 0 saturated carbocycles. The van der Waals surface area contributed by atoms with E-state index >= 15 is 0 Å². The Balaban J connectivity index is 2.93. The Labute approximate surface area is 86.6 Å². The smallest absolute Gasteiger partial charge is 0.219 e. The van der Waals surface area contributed by atoms with E-state index in [0.717, 1.165) is 18.0 Å². The lowest BCUT2D eigenvalue weighted by molar-refractivity contribution is -0.110. The summed E-state index contributed by atoms with van der Waals surface area (Å²) in [5, 5.41) is -0.120. The highest BCUT2D eigenvalue weighted by molar-refractivity contribution is 8.16. The van der Waals surface area contributed by atoms with Crippen molar-refractivity contribution in [2.45, 2.75) is 18.6 Å². The van der Waals surface area contributed by atoms with E-state index in [1.807, 2.05) is 0 Å². The number of hydrogen-bond donors (Lipinski definition) is 0. The summed E-state index contributed by atoms with van der Waals surface area (Å²) >= 11 is 0.973. The minimum absolute atomic E-state index is 0.0456. The van der Waals surface area contributed by atoms with Crippen molar-refractivity contribution >= 4 is 23.2 Å². The molecule has 0 aromatic rings. The average molecular weight is 216 g/mol. The Kier molecular flexibility index (Phi) is 3.34. The molecule has 0 amide bonds. The highest BCUT2D eigenvalue weighted by Gasteiger charge is 2.43. The Morgan fingerprint density at radius 3 is 2.71 bits per heavy atom. The van der Waals surface area contributed by atoms with Crippen molar-refractivity contribution in [1.29, 1.82) is 0 Å². The lowest BCUT2D eigenvalue weighted by atomic mass is 10.1. The second-order valence-electron chi connectivity index (χ2n) is 3.12. The number of carbonyl (C=O) groups excluding carboxylic acids is 2. The van der Waals surface area contributed by atoms with Gasteiger partial charge in [-0.05, 0) is 13.8 Å². The number of carbonyl (C=O) groups is 2. The van der Waals surface area contributed by atoms with Crippen LogP contribution in [0.15, 0.2) is 11.3 Å². The number of ether oxygens (including phenoxy) is 2. The van der Waals surface area contributed by atoms with Gasteiger partial charge < -0.3 is 14.3 Å². The van der Waals surface area contributed by atoms with Gasteiger partial charge in [-0.3, -0.25) is 4.79 Å². The molecule has 0 N–H and O–H groups in total. The minimum Gasteiger partial charge on any atom is -0.470 e. The zero-order valence-electron chi connectivity index (χ0n) is 8.33. The molecule has 1 heterocycles. The summed E-state index contributed by atoms with van der Waals surface area (Å²) in [5.74, 6) is 0.407. The van der Waals surface area contributed by atoms with Crippen LogP contribution < -0.4 is 0 Å². The van der Waals surface area contributed by atoms with E-state index in [0.29, 0.717) is 11.3 Å². The molecule has 1 aliphatic heterocycles. The van der Waals surface area contributed by atoms with Crippen LogP contribution in [-0.2, 0) is 19.1 Å². The van der Waals surface area contributed by atoms with Crippen molar-refractivity contribution in [3.05, 3.63) is 11.3 Å². The molecule has 0 spiro atoms. The largest absolute Gasteiger partial charge is 0.470 e. The number of rotatable bonds is 4. The van der Waals surface area contributed by atoms with Crippen LogP contribution in [0.3, 0.4) is 0 Å². The zero-order valence-corrected chi connectivity index (χ0v) is 9.14. The van der Waals surface area contributed by atoms with E-state index in [1.54, 1.807) is 13.8 Å². The number of hydrogen-bond acceptors (Lipinski definition) is 5. The van der Waals surface area contributed by atoms with Gasteiger partial charge in [0.05, 0.1) is 0 Å². The summed E-state index contributed by atoms with van der Waals surface area (Å²) in [6.07, 6.45) is 0.719. The lowest BCUT2D eigenvalue weighted by Gasteiger charge is -2.18. The van der Waals surface area contributed by atoms with Gasteiger partial charge in [0.15, 0.2) is 6.79 Å². The third kappa shape index (κ3) is 1.83. The molecule has 1 unspecified atom stereocenters. The van der Waals surface area contributed by atoms with Crippen molar-refractivity contribution in [3.8, 4) is 0 Å². The normalized spacial score (nSPS) is 26.9. The number of aldehydes is 1. The fraction of sp³-hybridized carbons (Fsp3) is 0.556. The molecule has 78 valence electrons. The van der Waals surface area contributed by atoms with E-state index in [-0.39, 0.29) is 11.9 Å². The van der Waals surface area contributed by atoms with Gasteiger partial charge in [-0.25, -0.2) is 0 Å². The van der Waals surface area contributed by atoms with Crippen LogP contribution in [0, 0.1) is 0 Å². The third-order valence-electron chi connectivity index (χ3n) is 1.95. The van der Waals surface area contributed by atoms with Gasteiger partial charge in [0, 0.05) is 12.7 Å². The molecular weight excluding hydrogens is 204 g/mol. The van der Waals surface area contributed by atoms with Crippen molar-refractivity contribution in [2.24, 2.45) is 0 Å². The first-order chi connectivity index (χ1) is 6.55. The van der Waals surface area contributed by atoms with E-state index in [1.165, 1.54) is 7.11 Å². The first kappa shape index (κ1) is 11.3. The SMILES string of the molecule is COCOC1=C(C)C(=O)SC1(C)C=O. The van der Waals surface area contributed by atoms with E-state index in [2.05, 4.69) is 0 Å². The van der Waals surface area contributed by atoms with E-state index in [4.69, 9.17) is 9.47 Å². The molecule has 1 atom stereocenters. The molecule has 5 heteroatoms.